The van der Waals surface area contributed by atoms with Gasteiger partial charge in [0.15, 0.2) is 6.23 Å². The zero-order valence-corrected chi connectivity index (χ0v) is 11.1. The van der Waals surface area contributed by atoms with Crippen LogP contribution in [-0.2, 0) is 9.84 Å². The first kappa shape index (κ1) is 13.7. The zero-order chi connectivity index (χ0) is 13.4. The van der Waals surface area contributed by atoms with E-state index < -0.39 is 42.4 Å². The summed E-state index contributed by atoms with van der Waals surface area (Å²) in [6.07, 6.45) is -3.82. The first-order chi connectivity index (χ1) is 8.45. The van der Waals surface area contributed by atoms with Gasteiger partial charge in [-0.1, -0.05) is 0 Å². The van der Waals surface area contributed by atoms with Crippen LogP contribution in [0.4, 0.5) is 0 Å². The van der Waals surface area contributed by atoms with Gasteiger partial charge in [-0.15, -0.1) is 0 Å². The second-order valence-corrected chi connectivity index (χ2v) is 5.02. The van der Waals surface area contributed by atoms with E-state index in [1.807, 2.05) is 4.98 Å². The summed E-state index contributed by atoms with van der Waals surface area (Å²) in [7, 11) is 0. The topological polar surface area (TPSA) is 124 Å². The lowest BCUT2D eigenvalue weighted by molar-refractivity contribution is -0.0656. The first-order valence-electron chi connectivity index (χ1n) is 5.06. The van der Waals surface area contributed by atoms with Gasteiger partial charge in [0.2, 0.25) is 0 Å². The third kappa shape index (κ3) is 2.23. The van der Waals surface area contributed by atoms with E-state index in [2.05, 4.69) is 0 Å². The number of H-pyrrole nitrogens is 1. The number of ether oxygens (including phenoxy) is 1. The molecule has 0 bridgehead atoms. The van der Waals surface area contributed by atoms with Crippen LogP contribution in [0.3, 0.4) is 0 Å². The lowest BCUT2D eigenvalue weighted by atomic mass is 10.1. The summed E-state index contributed by atoms with van der Waals surface area (Å²) in [5.74, 6) is 0. The molecule has 2 rings (SSSR count). The Morgan fingerprint density at radius 2 is 2.06 bits per heavy atom. The lowest BCUT2D eigenvalue weighted by Crippen LogP contribution is -2.38. The number of aliphatic hydroxyl groups is 2. The van der Waals surface area contributed by atoms with Gasteiger partial charge in [0.25, 0.3) is 5.56 Å². The maximum Gasteiger partial charge on any atom is 0.330 e. The molecule has 9 heteroatoms. The molecule has 0 saturated carbocycles. The molecule has 99 valence electrons. The van der Waals surface area contributed by atoms with E-state index in [1.54, 1.807) is 22.6 Å². The van der Waals surface area contributed by atoms with E-state index in [-0.39, 0.29) is 3.57 Å². The lowest BCUT2D eigenvalue weighted by Gasteiger charge is -2.17. The van der Waals surface area contributed by atoms with Crippen molar-refractivity contribution in [2.75, 3.05) is 6.61 Å². The highest BCUT2D eigenvalue weighted by atomic mass is 127. The van der Waals surface area contributed by atoms with Gasteiger partial charge in [-0.25, -0.2) is 9.90 Å². The number of aromatic amines is 1. The standard InChI is InChI=1S/C9H10IN2O6/c10-3-1-12(9(17)11-7(3)16)8-6(15)5(14)4(2-13)18-8/h1,4-6,8,14-15H,2H2,(H,11,16,17)/t4-,5-,6-,8-/m1/s1. The van der Waals surface area contributed by atoms with E-state index in [0.29, 0.717) is 0 Å². The number of aliphatic hydroxyl groups excluding tert-OH is 2. The third-order valence-corrected chi connectivity index (χ3v) is 3.47. The van der Waals surface area contributed by atoms with Crippen LogP contribution in [0.1, 0.15) is 6.23 Å². The minimum atomic E-state index is -1.40. The number of rotatable bonds is 2. The number of aromatic nitrogens is 2. The molecule has 0 unspecified atom stereocenters. The first-order valence-corrected chi connectivity index (χ1v) is 6.14. The normalized spacial score (nSPS) is 31.8. The fourth-order valence-corrected chi connectivity index (χ4v) is 2.18. The Morgan fingerprint density at radius 1 is 1.39 bits per heavy atom. The Hall–Kier alpha value is -0.750. The summed E-state index contributed by atoms with van der Waals surface area (Å²) < 4.78 is 6.30. The molecule has 18 heavy (non-hydrogen) atoms. The van der Waals surface area contributed by atoms with Crippen molar-refractivity contribution in [1.29, 1.82) is 0 Å². The third-order valence-electron chi connectivity index (χ3n) is 2.70. The smallest absolute Gasteiger partial charge is 0.330 e. The minimum absolute atomic E-state index is 0.225. The molecule has 1 fully saturated rings. The molecule has 4 atom stereocenters. The fraction of sp³-hybridized carbons (Fsp3) is 0.556. The van der Waals surface area contributed by atoms with Crippen molar-refractivity contribution in [2.45, 2.75) is 24.5 Å². The Balaban J connectivity index is 2.42. The number of nitrogens with zero attached hydrogens (tertiary/aromatic N) is 1. The molecule has 1 saturated heterocycles. The van der Waals surface area contributed by atoms with Crippen LogP contribution in [0.5, 0.6) is 0 Å². The van der Waals surface area contributed by atoms with Gasteiger partial charge in [-0.2, -0.15) is 0 Å². The summed E-state index contributed by atoms with van der Waals surface area (Å²) in [6, 6.07) is 0. The van der Waals surface area contributed by atoms with Crippen molar-refractivity contribution in [1.82, 2.24) is 9.55 Å². The second-order valence-electron chi connectivity index (χ2n) is 3.86. The number of halogens is 1. The van der Waals surface area contributed by atoms with Gasteiger partial charge in [0.05, 0.1) is 3.57 Å². The second kappa shape index (κ2) is 5.09. The van der Waals surface area contributed by atoms with Gasteiger partial charge in [-0.3, -0.25) is 14.3 Å². The monoisotopic (exact) mass is 369 g/mol. The van der Waals surface area contributed by atoms with Crippen LogP contribution in [0.2, 0.25) is 0 Å². The van der Waals surface area contributed by atoms with E-state index >= 15 is 0 Å². The number of nitrogens with one attached hydrogen (secondary N) is 1. The van der Waals surface area contributed by atoms with Gasteiger partial charge >= 0.3 is 5.69 Å². The minimum Gasteiger partial charge on any atom is -0.387 e. The Kier molecular flexibility index (Phi) is 3.87. The van der Waals surface area contributed by atoms with Crippen molar-refractivity contribution in [3.8, 4) is 0 Å². The quantitative estimate of drug-likeness (QED) is 0.530. The fourth-order valence-electron chi connectivity index (χ4n) is 1.75. The highest BCUT2D eigenvalue weighted by molar-refractivity contribution is 14.1. The van der Waals surface area contributed by atoms with Crippen molar-refractivity contribution in [2.24, 2.45) is 0 Å². The van der Waals surface area contributed by atoms with E-state index in [1.165, 1.54) is 6.20 Å². The molecule has 0 aromatic carbocycles. The molecule has 0 aliphatic carbocycles. The van der Waals surface area contributed by atoms with E-state index in [4.69, 9.17) is 4.74 Å². The average molecular weight is 369 g/mol. The highest BCUT2D eigenvalue weighted by Gasteiger charge is 2.44. The molecule has 1 aliphatic heterocycles. The van der Waals surface area contributed by atoms with E-state index in [0.717, 1.165) is 4.57 Å². The maximum absolute atomic E-state index is 11.6. The van der Waals surface area contributed by atoms with E-state index in [9.17, 15) is 24.9 Å². The number of hydrogen-bond donors (Lipinski definition) is 3. The maximum atomic E-state index is 11.6. The summed E-state index contributed by atoms with van der Waals surface area (Å²) >= 11 is 1.72. The van der Waals surface area contributed by atoms with Gasteiger partial charge < -0.3 is 14.9 Å². The van der Waals surface area contributed by atoms with Crippen LogP contribution in [0.15, 0.2) is 15.8 Å². The molecule has 8 nitrogen and oxygen atoms in total. The Labute approximate surface area is 114 Å². The van der Waals surface area contributed by atoms with Crippen LogP contribution >= 0.6 is 22.6 Å². The van der Waals surface area contributed by atoms with Crippen molar-refractivity contribution < 1.29 is 20.1 Å². The molecule has 0 amide bonds. The van der Waals surface area contributed by atoms with Gasteiger partial charge in [0.1, 0.15) is 24.9 Å². The van der Waals surface area contributed by atoms with Crippen LogP contribution < -0.4 is 11.2 Å². The predicted molar refractivity (Wildman–Crippen MR) is 65.5 cm³/mol. The molecule has 0 spiro atoms. The van der Waals surface area contributed by atoms with Crippen LogP contribution in [-0.4, -0.2) is 44.7 Å². The number of hydrogen-bond acceptors (Lipinski definition) is 5. The summed E-state index contributed by atoms with van der Waals surface area (Å²) in [5.41, 5.74) is -1.33. The van der Waals surface area contributed by atoms with Gasteiger partial charge in [0, 0.05) is 6.20 Å². The summed E-state index contributed by atoms with van der Waals surface area (Å²) in [4.78, 5) is 24.8. The summed E-state index contributed by atoms with van der Waals surface area (Å²) in [5, 5.41) is 30.0. The molecule has 2 heterocycles. The summed E-state index contributed by atoms with van der Waals surface area (Å²) in [6.45, 7) is -0.732. The highest BCUT2D eigenvalue weighted by Crippen LogP contribution is 2.28. The van der Waals surface area contributed by atoms with Crippen LogP contribution in [0.25, 0.3) is 0 Å². The Bertz CT molecular complexity index is 555. The predicted octanol–water partition coefficient (Wildman–Crippen LogP) is -1.81. The molecule has 1 aromatic rings. The van der Waals surface area contributed by atoms with Crippen molar-refractivity contribution in [3.63, 3.8) is 0 Å². The average Bonchev–Trinajstić information content (AvgIpc) is 2.61. The molecular weight excluding hydrogens is 359 g/mol. The van der Waals surface area contributed by atoms with Gasteiger partial charge in [-0.05, 0) is 22.6 Å². The Morgan fingerprint density at radius 3 is 2.61 bits per heavy atom. The van der Waals surface area contributed by atoms with Crippen molar-refractivity contribution in [3.05, 3.63) is 30.6 Å². The largest absolute Gasteiger partial charge is 0.387 e. The SMILES string of the molecule is [O]C[C@H]1O[C@@H](n2cc(I)c(=O)[nH]c2=O)[C@H](O)[C@@H]1O. The molecular formula is C9H10IN2O6. The molecule has 1 aromatic heterocycles. The molecule has 1 aliphatic rings. The zero-order valence-electron chi connectivity index (χ0n) is 8.95. The van der Waals surface area contributed by atoms with Crippen molar-refractivity contribution >= 4 is 22.6 Å². The van der Waals surface area contributed by atoms with Crippen LogP contribution in [0, 0.1) is 3.57 Å². The molecule has 3 N–H and O–H groups in total. The molecule has 1 radical (unpaired) electrons.